The van der Waals surface area contributed by atoms with Gasteiger partial charge in [0.25, 0.3) is 0 Å². The lowest BCUT2D eigenvalue weighted by Crippen LogP contribution is -2.45. The van der Waals surface area contributed by atoms with Crippen LogP contribution < -0.4 is 5.73 Å². The summed E-state index contributed by atoms with van der Waals surface area (Å²) in [5, 5.41) is 0.0924. The van der Waals surface area contributed by atoms with Crippen molar-refractivity contribution in [1.29, 1.82) is 0 Å². The summed E-state index contributed by atoms with van der Waals surface area (Å²) >= 11 is 0. The summed E-state index contributed by atoms with van der Waals surface area (Å²) in [6, 6.07) is 8.09. The molecule has 1 aliphatic carbocycles. The van der Waals surface area contributed by atoms with Crippen molar-refractivity contribution < 1.29 is 4.21 Å². The van der Waals surface area contributed by atoms with Gasteiger partial charge in [0, 0.05) is 10.9 Å². The van der Waals surface area contributed by atoms with Crippen molar-refractivity contribution in [3.63, 3.8) is 0 Å². The van der Waals surface area contributed by atoms with E-state index in [1.165, 1.54) is 0 Å². The van der Waals surface area contributed by atoms with Crippen molar-refractivity contribution in [2.24, 2.45) is 17.1 Å². The number of benzene rings is 1. The van der Waals surface area contributed by atoms with Gasteiger partial charge in [0.05, 0.1) is 16.0 Å². The van der Waals surface area contributed by atoms with Gasteiger partial charge < -0.3 is 5.73 Å². The molecule has 20 heavy (non-hydrogen) atoms. The van der Waals surface area contributed by atoms with E-state index in [-0.39, 0.29) is 16.7 Å². The molecule has 0 saturated heterocycles. The summed E-state index contributed by atoms with van der Waals surface area (Å²) in [4.78, 5) is 0.931. The number of aryl methyl sites for hydroxylation is 1. The Hall–Kier alpha value is -0.670. The van der Waals surface area contributed by atoms with Crippen LogP contribution in [-0.4, -0.2) is 15.5 Å². The average Bonchev–Trinajstić information content (AvgIpc) is 2.37. The SMILES string of the molecule is Cc1cccc(S(=O)C2CC(C(C)(C)C)CCC2N)c1. The second-order valence-corrected chi connectivity index (χ2v) is 8.86. The minimum Gasteiger partial charge on any atom is -0.327 e. The standard InChI is InChI=1S/C17H27NOS/c1-12-6-5-7-14(10-12)20(19)16-11-13(17(2,3)4)8-9-15(16)18/h5-7,10,13,15-16H,8-9,11,18H2,1-4H3. The Morgan fingerprint density at radius 3 is 2.55 bits per heavy atom. The van der Waals surface area contributed by atoms with Crippen molar-refractivity contribution in [2.75, 3.05) is 0 Å². The summed E-state index contributed by atoms with van der Waals surface area (Å²) in [5.41, 5.74) is 7.70. The molecule has 4 unspecified atom stereocenters. The van der Waals surface area contributed by atoms with Crippen LogP contribution in [0, 0.1) is 18.3 Å². The van der Waals surface area contributed by atoms with Crippen LogP contribution in [0.4, 0.5) is 0 Å². The molecule has 1 aliphatic rings. The van der Waals surface area contributed by atoms with Crippen LogP contribution in [0.3, 0.4) is 0 Å². The third kappa shape index (κ3) is 3.50. The highest BCUT2D eigenvalue weighted by atomic mass is 32.2. The fourth-order valence-corrected chi connectivity index (χ4v) is 4.83. The Morgan fingerprint density at radius 2 is 1.95 bits per heavy atom. The Labute approximate surface area is 125 Å². The number of nitrogens with two attached hydrogens (primary N) is 1. The molecule has 1 fully saturated rings. The van der Waals surface area contributed by atoms with Gasteiger partial charge in [-0.05, 0) is 55.2 Å². The van der Waals surface area contributed by atoms with Gasteiger partial charge in [0.2, 0.25) is 0 Å². The van der Waals surface area contributed by atoms with Crippen LogP contribution in [0.1, 0.15) is 45.6 Å². The Morgan fingerprint density at radius 1 is 1.25 bits per heavy atom. The van der Waals surface area contributed by atoms with Gasteiger partial charge in [0.15, 0.2) is 0 Å². The molecule has 1 aromatic rings. The summed E-state index contributed by atoms with van der Waals surface area (Å²) in [6.45, 7) is 8.88. The first-order valence-electron chi connectivity index (χ1n) is 7.52. The monoisotopic (exact) mass is 293 g/mol. The summed E-state index contributed by atoms with van der Waals surface area (Å²) in [6.07, 6.45) is 3.13. The largest absolute Gasteiger partial charge is 0.327 e. The van der Waals surface area contributed by atoms with Crippen LogP contribution in [0.25, 0.3) is 0 Å². The maximum atomic E-state index is 12.9. The molecule has 0 aliphatic heterocycles. The highest BCUT2D eigenvalue weighted by molar-refractivity contribution is 7.85. The predicted molar refractivity (Wildman–Crippen MR) is 86.1 cm³/mol. The molecule has 0 heterocycles. The van der Waals surface area contributed by atoms with E-state index in [1.54, 1.807) is 0 Å². The second-order valence-electron chi connectivity index (χ2n) is 7.19. The van der Waals surface area contributed by atoms with Crippen molar-refractivity contribution in [3.05, 3.63) is 29.8 Å². The molecule has 1 aromatic carbocycles. The molecule has 0 radical (unpaired) electrons. The van der Waals surface area contributed by atoms with E-state index in [9.17, 15) is 4.21 Å². The lowest BCUT2D eigenvalue weighted by Gasteiger charge is -2.40. The zero-order chi connectivity index (χ0) is 14.9. The highest BCUT2D eigenvalue weighted by Gasteiger charge is 2.37. The van der Waals surface area contributed by atoms with Crippen molar-refractivity contribution >= 4 is 10.8 Å². The van der Waals surface area contributed by atoms with Crippen LogP contribution in [-0.2, 0) is 10.8 Å². The van der Waals surface area contributed by atoms with Gasteiger partial charge >= 0.3 is 0 Å². The molecule has 0 bridgehead atoms. The predicted octanol–water partition coefficient (Wildman–Crippen LogP) is 3.64. The lowest BCUT2D eigenvalue weighted by molar-refractivity contribution is 0.173. The van der Waals surface area contributed by atoms with Crippen molar-refractivity contribution in [2.45, 2.75) is 63.1 Å². The maximum Gasteiger partial charge on any atom is 0.0576 e. The third-order valence-corrected chi connectivity index (χ3v) is 6.37. The second kappa shape index (κ2) is 5.98. The summed E-state index contributed by atoms with van der Waals surface area (Å²) < 4.78 is 12.9. The van der Waals surface area contributed by atoms with Gasteiger partial charge in [-0.25, -0.2) is 0 Å². The molecule has 2 nitrogen and oxygen atoms in total. The van der Waals surface area contributed by atoms with Crippen LogP contribution in [0.2, 0.25) is 0 Å². The maximum absolute atomic E-state index is 12.9. The number of hydrogen-bond acceptors (Lipinski definition) is 2. The fourth-order valence-electron chi connectivity index (χ4n) is 3.10. The first kappa shape index (κ1) is 15.7. The van der Waals surface area contributed by atoms with E-state index in [0.717, 1.165) is 29.7 Å². The Bertz CT molecular complexity index is 492. The highest BCUT2D eigenvalue weighted by Crippen LogP contribution is 2.39. The third-order valence-electron chi connectivity index (χ3n) is 4.56. The van der Waals surface area contributed by atoms with Gasteiger partial charge in [-0.15, -0.1) is 0 Å². The zero-order valence-corrected chi connectivity index (χ0v) is 13.9. The Balaban J connectivity index is 2.19. The average molecular weight is 293 g/mol. The van der Waals surface area contributed by atoms with E-state index in [1.807, 2.05) is 31.2 Å². The van der Waals surface area contributed by atoms with E-state index in [0.29, 0.717) is 5.92 Å². The van der Waals surface area contributed by atoms with Crippen molar-refractivity contribution in [1.82, 2.24) is 0 Å². The molecule has 112 valence electrons. The van der Waals surface area contributed by atoms with Gasteiger partial charge in [-0.3, -0.25) is 4.21 Å². The molecule has 0 spiro atoms. The molecule has 3 heteroatoms. The first-order chi connectivity index (χ1) is 9.29. The van der Waals surface area contributed by atoms with E-state index in [4.69, 9.17) is 5.73 Å². The van der Waals surface area contributed by atoms with E-state index < -0.39 is 10.8 Å². The molecule has 1 saturated carbocycles. The minimum atomic E-state index is -0.991. The smallest absolute Gasteiger partial charge is 0.0576 e. The quantitative estimate of drug-likeness (QED) is 0.904. The molecule has 0 aromatic heterocycles. The molecule has 4 atom stereocenters. The van der Waals surface area contributed by atoms with Gasteiger partial charge in [-0.1, -0.05) is 32.9 Å². The van der Waals surface area contributed by atoms with Gasteiger partial charge in [-0.2, -0.15) is 0 Å². The molecule has 0 amide bonds. The topological polar surface area (TPSA) is 43.1 Å². The normalized spacial score (nSPS) is 29.1. The van der Waals surface area contributed by atoms with E-state index >= 15 is 0 Å². The minimum absolute atomic E-state index is 0.0648. The summed E-state index contributed by atoms with van der Waals surface area (Å²) in [7, 11) is -0.991. The van der Waals surface area contributed by atoms with Crippen LogP contribution in [0.15, 0.2) is 29.2 Å². The molecule has 2 rings (SSSR count). The molecule has 2 N–H and O–H groups in total. The molecular weight excluding hydrogens is 266 g/mol. The zero-order valence-electron chi connectivity index (χ0n) is 13.1. The number of hydrogen-bond donors (Lipinski definition) is 1. The van der Waals surface area contributed by atoms with Crippen LogP contribution >= 0.6 is 0 Å². The van der Waals surface area contributed by atoms with Crippen LogP contribution in [0.5, 0.6) is 0 Å². The molecular formula is C17H27NOS. The fraction of sp³-hybridized carbons (Fsp3) is 0.647. The number of rotatable bonds is 2. The first-order valence-corrected chi connectivity index (χ1v) is 8.73. The Kier molecular flexibility index (Phi) is 4.70. The lowest BCUT2D eigenvalue weighted by atomic mass is 9.71. The van der Waals surface area contributed by atoms with Crippen molar-refractivity contribution in [3.8, 4) is 0 Å². The van der Waals surface area contributed by atoms with E-state index in [2.05, 4.69) is 20.8 Å². The van der Waals surface area contributed by atoms with Gasteiger partial charge in [0.1, 0.15) is 0 Å². The summed E-state index contributed by atoms with van der Waals surface area (Å²) in [5.74, 6) is 0.612.